The minimum absolute atomic E-state index is 0.361. The van der Waals surface area contributed by atoms with Gasteiger partial charge in [-0.1, -0.05) is 23.8 Å². The van der Waals surface area contributed by atoms with E-state index < -0.39 is 11.7 Å². The number of benzene rings is 2. The topological polar surface area (TPSA) is 8.17 Å². The summed E-state index contributed by atoms with van der Waals surface area (Å²) in [4.78, 5) is 2.38. The number of halogens is 3. The van der Waals surface area contributed by atoms with E-state index in [-0.39, 0.29) is 0 Å². The molecule has 0 aliphatic carbocycles. The number of fused-ring (bicyclic) bond motifs is 3. The SMILES string of the molecule is Cc1ccc2c(c1)c1c(n2CCc2ccc(C(F)(F)F)cc2)CCN(C)C1C. The summed E-state index contributed by atoms with van der Waals surface area (Å²) >= 11 is 0. The largest absolute Gasteiger partial charge is 0.416 e. The second-order valence-corrected chi connectivity index (χ2v) is 7.88. The average Bonchev–Trinajstić information content (AvgIpc) is 2.96. The smallest absolute Gasteiger partial charge is 0.344 e. The summed E-state index contributed by atoms with van der Waals surface area (Å²) in [6.07, 6.45) is -2.57. The lowest BCUT2D eigenvalue weighted by atomic mass is 9.97. The minimum Gasteiger partial charge on any atom is -0.344 e. The van der Waals surface area contributed by atoms with E-state index in [1.807, 2.05) is 0 Å². The van der Waals surface area contributed by atoms with Crippen LogP contribution in [0.4, 0.5) is 13.2 Å². The molecule has 1 unspecified atom stereocenters. The van der Waals surface area contributed by atoms with E-state index in [4.69, 9.17) is 0 Å². The van der Waals surface area contributed by atoms with E-state index in [0.717, 1.165) is 25.1 Å². The molecular formula is C23H25F3N2. The first-order chi connectivity index (χ1) is 13.3. The summed E-state index contributed by atoms with van der Waals surface area (Å²) in [6, 6.07) is 12.5. The van der Waals surface area contributed by atoms with Gasteiger partial charge in [-0.15, -0.1) is 0 Å². The fourth-order valence-electron chi connectivity index (χ4n) is 4.34. The molecule has 2 nitrogen and oxygen atoms in total. The number of aryl methyl sites for hydroxylation is 3. The number of rotatable bonds is 3. The van der Waals surface area contributed by atoms with Crippen molar-refractivity contribution in [2.75, 3.05) is 13.6 Å². The van der Waals surface area contributed by atoms with Gasteiger partial charge in [0, 0.05) is 42.1 Å². The molecular weight excluding hydrogens is 361 g/mol. The molecule has 148 valence electrons. The van der Waals surface area contributed by atoms with E-state index in [0.29, 0.717) is 12.5 Å². The summed E-state index contributed by atoms with van der Waals surface area (Å²) in [7, 11) is 2.16. The van der Waals surface area contributed by atoms with Gasteiger partial charge in [0.05, 0.1) is 5.56 Å². The molecule has 1 aliphatic rings. The van der Waals surface area contributed by atoms with E-state index in [9.17, 15) is 13.2 Å². The van der Waals surface area contributed by atoms with Crippen molar-refractivity contribution in [2.45, 2.75) is 45.5 Å². The highest BCUT2D eigenvalue weighted by Crippen LogP contribution is 2.37. The van der Waals surface area contributed by atoms with Gasteiger partial charge in [-0.25, -0.2) is 0 Å². The third-order valence-electron chi connectivity index (χ3n) is 6.06. The maximum atomic E-state index is 12.8. The lowest BCUT2D eigenvalue weighted by Crippen LogP contribution is -2.31. The molecule has 4 rings (SSSR count). The maximum absolute atomic E-state index is 12.8. The standard InChI is InChI=1S/C23H25F3N2/c1-15-4-9-20-19(14-15)22-16(2)27(3)12-11-21(22)28(20)13-10-17-5-7-18(8-6-17)23(24,25)26/h4-9,14,16H,10-13H2,1-3H3. The predicted molar refractivity (Wildman–Crippen MR) is 107 cm³/mol. The summed E-state index contributed by atoms with van der Waals surface area (Å²) in [5.41, 5.74) is 5.59. The highest BCUT2D eigenvalue weighted by molar-refractivity contribution is 5.87. The van der Waals surface area contributed by atoms with Crippen LogP contribution in [0.5, 0.6) is 0 Å². The van der Waals surface area contributed by atoms with Crippen molar-refractivity contribution in [3.63, 3.8) is 0 Å². The van der Waals surface area contributed by atoms with Crippen LogP contribution in [-0.2, 0) is 25.6 Å². The molecule has 3 aromatic rings. The number of nitrogens with zero attached hydrogens (tertiary/aromatic N) is 2. The molecule has 2 heterocycles. The fourth-order valence-corrected chi connectivity index (χ4v) is 4.34. The monoisotopic (exact) mass is 386 g/mol. The van der Waals surface area contributed by atoms with Gasteiger partial charge in [-0.3, -0.25) is 4.90 Å². The van der Waals surface area contributed by atoms with Gasteiger partial charge in [0.15, 0.2) is 0 Å². The van der Waals surface area contributed by atoms with Crippen molar-refractivity contribution in [3.8, 4) is 0 Å². The summed E-state index contributed by atoms with van der Waals surface area (Å²) in [6.45, 7) is 6.16. The third-order valence-corrected chi connectivity index (χ3v) is 6.06. The molecule has 1 aromatic heterocycles. The van der Waals surface area contributed by atoms with Crippen LogP contribution in [0, 0.1) is 6.92 Å². The molecule has 0 N–H and O–H groups in total. The maximum Gasteiger partial charge on any atom is 0.416 e. The van der Waals surface area contributed by atoms with Crippen LogP contribution in [0.3, 0.4) is 0 Å². The van der Waals surface area contributed by atoms with Gasteiger partial charge in [0.2, 0.25) is 0 Å². The number of hydrogen-bond acceptors (Lipinski definition) is 1. The molecule has 1 atom stereocenters. The Morgan fingerprint density at radius 1 is 1.07 bits per heavy atom. The molecule has 1 aliphatic heterocycles. The number of likely N-dealkylation sites (N-methyl/N-ethyl adjacent to an activating group) is 1. The number of hydrogen-bond donors (Lipinski definition) is 0. The summed E-state index contributed by atoms with van der Waals surface area (Å²) < 4.78 is 40.7. The Hall–Kier alpha value is -2.27. The summed E-state index contributed by atoms with van der Waals surface area (Å²) in [5, 5.41) is 1.31. The molecule has 0 radical (unpaired) electrons. The van der Waals surface area contributed by atoms with E-state index in [1.165, 1.54) is 39.9 Å². The molecule has 5 heteroatoms. The molecule has 0 fully saturated rings. The van der Waals surface area contributed by atoms with Crippen LogP contribution in [0.15, 0.2) is 42.5 Å². The third kappa shape index (κ3) is 3.32. The van der Waals surface area contributed by atoms with Gasteiger partial charge < -0.3 is 4.57 Å². The lowest BCUT2D eigenvalue weighted by molar-refractivity contribution is -0.137. The predicted octanol–water partition coefficient (Wildman–Crippen LogP) is 5.76. The van der Waals surface area contributed by atoms with Crippen molar-refractivity contribution >= 4 is 10.9 Å². The Bertz CT molecular complexity index is 999. The van der Waals surface area contributed by atoms with Gasteiger partial charge in [0.25, 0.3) is 0 Å². The Balaban J connectivity index is 1.68. The van der Waals surface area contributed by atoms with Gasteiger partial charge >= 0.3 is 6.18 Å². The van der Waals surface area contributed by atoms with Gasteiger partial charge in [-0.05, 0) is 62.7 Å². The van der Waals surface area contributed by atoms with E-state index in [2.05, 4.69) is 48.6 Å². The normalized spacial score (nSPS) is 17.9. The average molecular weight is 386 g/mol. The van der Waals surface area contributed by atoms with Crippen molar-refractivity contribution in [3.05, 3.63) is 70.4 Å². The zero-order valence-corrected chi connectivity index (χ0v) is 16.5. The van der Waals surface area contributed by atoms with Crippen molar-refractivity contribution in [2.24, 2.45) is 0 Å². The van der Waals surface area contributed by atoms with Crippen LogP contribution >= 0.6 is 0 Å². The second-order valence-electron chi connectivity index (χ2n) is 7.88. The highest BCUT2D eigenvalue weighted by Gasteiger charge is 2.30. The van der Waals surface area contributed by atoms with E-state index in [1.54, 1.807) is 12.1 Å². The van der Waals surface area contributed by atoms with Crippen LogP contribution < -0.4 is 0 Å². The molecule has 0 amide bonds. The van der Waals surface area contributed by atoms with Crippen LogP contribution in [-0.4, -0.2) is 23.1 Å². The first-order valence-corrected chi connectivity index (χ1v) is 9.73. The Labute approximate surface area is 163 Å². The molecule has 0 spiro atoms. The Morgan fingerprint density at radius 3 is 2.46 bits per heavy atom. The zero-order valence-electron chi connectivity index (χ0n) is 16.5. The van der Waals surface area contributed by atoms with E-state index >= 15 is 0 Å². The summed E-state index contributed by atoms with van der Waals surface area (Å²) in [5.74, 6) is 0. The van der Waals surface area contributed by atoms with Crippen molar-refractivity contribution in [1.82, 2.24) is 9.47 Å². The van der Waals surface area contributed by atoms with Gasteiger partial charge in [0.1, 0.15) is 0 Å². The number of aromatic nitrogens is 1. The number of alkyl halides is 3. The van der Waals surface area contributed by atoms with Crippen LogP contribution in [0.1, 0.15) is 40.9 Å². The van der Waals surface area contributed by atoms with Crippen molar-refractivity contribution in [1.29, 1.82) is 0 Å². The van der Waals surface area contributed by atoms with Gasteiger partial charge in [-0.2, -0.15) is 13.2 Å². The first kappa shape index (κ1) is 19.1. The van der Waals surface area contributed by atoms with Crippen molar-refractivity contribution < 1.29 is 13.2 Å². The molecule has 2 aromatic carbocycles. The minimum atomic E-state index is -4.28. The second kappa shape index (κ2) is 6.96. The van der Waals surface area contributed by atoms with Crippen LogP contribution in [0.25, 0.3) is 10.9 Å². The quantitative estimate of drug-likeness (QED) is 0.556. The molecule has 0 saturated heterocycles. The lowest BCUT2D eigenvalue weighted by Gasteiger charge is -2.31. The Morgan fingerprint density at radius 2 is 1.79 bits per heavy atom. The molecule has 0 saturated carbocycles. The zero-order chi connectivity index (χ0) is 20.1. The van der Waals surface area contributed by atoms with Crippen LogP contribution in [0.2, 0.25) is 0 Å². The molecule has 28 heavy (non-hydrogen) atoms. The molecule has 0 bridgehead atoms. The fraction of sp³-hybridized carbons (Fsp3) is 0.391. The first-order valence-electron chi connectivity index (χ1n) is 9.73. The Kier molecular flexibility index (Phi) is 4.74. The highest BCUT2D eigenvalue weighted by atomic mass is 19.4.